The standard InChI is InChI=1S/C8H9Br2NO/c1-5(2)12-8-6(9)3-11-4-7(8)10/h3-5H,1-2H3. The summed E-state index contributed by atoms with van der Waals surface area (Å²) in [6.07, 6.45) is 3.59. The molecule has 0 saturated carbocycles. The van der Waals surface area contributed by atoms with E-state index in [1.165, 1.54) is 0 Å². The summed E-state index contributed by atoms with van der Waals surface area (Å²) in [7, 11) is 0. The second kappa shape index (κ2) is 4.23. The van der Waals surface area contributed by atoms with Gasteiger partial charge < -0.3 is 4.74 Å². The van der Waals surface area contributed by atoms with Gasteiger partial charge in [-0.25, -0.2) is 0 Å². The van der Waals surface area contributed by atoms with Crippen molar-refractivity contribution in [1.82, 2.24) is 4.98 Å². The van der Waals surface area contributed by atoms with Crippen molar-refractivity contribution in [1.29, 1.82) is 0 Å². The van der Waals surface area contributed by atoms with Crippen LogP contribution in [0, 0.1) is 0 Å². The number of nitrogens with zero attached hydrogens (tertiary/aromatic N) is 1. The third-order valence-corrected chi connectivity index (χ3v) is 2.29. The quantitative estimate of drug-likeness (QED) is 0.834. The Labute approximate surface area is 88.6 Å². The summed E-state index contributed by atoms with van der Waals surface area (Å²) < 4.78 is 7.27. The van der Waals surface area contributed by atoms with Gasteiger partial charge >= 0.3 is 0 Å². The molecule has 0 aliphatic heterocycles. The molecule has 0 N–H and O–H groups in total. The lowest BCUT2D eigenvalue weighted by atomic mass is 10.4. The molecule has 66 valence electrons. The van der Waals surface area contributed by atoms with Gasteiger partial charge in [-0.2, -0.15) is 0 Å². The van der Waals surface area contributed by atoms with E-state index in [2.05, 4.69) is 36.8 Å². The van der Waals surface area contributed by atoms with Crippen LogP contribution in [0.5, 0.6) is 5.75 Å². The molecule has 0 atom stereocenters. The number of pyridine rings is 1. The highest BCUT2D eigenvalue weighted by Crippen LogP contribution is 2.32. The summed E-state index contributed by atoms with van der Waals surface area (Å²) >= 11 is 6.72. The molecule has 0 saturated heterocycles. The van der Waals surface area contributed by atoms with Gasteiger partial charge in [0.2, 0.25) is 0 Å². The predicted molar refractivity (Wildman–Crippen MR) is 55.4 cm³/mol. The molecule has 0 amide bonds. The van der Waals surface area contributed by atoms with E-state index in [9.17, 15) is 0 Å². The summed E-state index contributed by atoms with van der Waals surface area (Å²) in [5, 5.41) is 0. The number of aromatic nitrogens is 1. The molecular weight excluding hydrogens is 286 g/mol. The molecular formula is C8H9Br2NO. The maximum atomic E-state index is 5.54. The number of halogens is 2. The number of ether oxygens (including phenoxy) is 1. The summed E-state index contributed by atoms with van der Waals surface area (Å²) in [4.78, 5) is 3.98. The van der Waals surface area contributed by atoms with Crippen molar-refractivity contribution in [3.05, 3.63) is 21.3 Å². The third-order valence-electron chi connectivity index (χ3n) is 1.16. The summed E-state index contributed by atoms with van der Waals surface area (Å²) in [6.45, 7) is 3.97. The van der Waals surface area contributed by atoms with Crippen LogP contribution in [0.1, 0.15) is 13.8 Å². The van der Waals surface area contributed by atoms with E-state index in [0.717, 1.165) is 14.7 Å². The Hall–Kier alpha value is -0.0900. The molecule has 0 spiro atoms. The van der Waals surface area contributed by atoms with Crippen LogP contribution in [0.3, 0.4) is 0 Å². The minimum Gasteiger partial charge on any atom is -0.489 e. The molecule has 0 fully saturated rings. The first-order valence-corrected chi connectivity index (χ1v) is 5.15. The first-order chi connectivity index (χ1) is 5.61. The largest absolute Gasteiger partial charge is 0.489 e. The lowest BCUT2D eigenvalue weighted by Crippen LogP contribution is -2.06. The zero-order chi connectivity index (χ0) is 9.14. The minimum atomic E-state index is 0.167. The minimum absolute atomic E-state index is 0.167. The average Bonchev–Trinajstić information content (AvgIpc) is 1.97. The van der Waals surface area contributed by atoms with E-state index in [0.29, 0.717) is 0 Å². The molecule has 4 heteroatoms. The van der Waals surface area contributed by atoms with Gasteiger partial charge in [-0.05, 0) is 45.7 Å². The van der Waals surface area contributed by atoms with Gasteiger partial charge in [0.25, 0.3) is 0 Å². The van der Waals surface area contributed by atoms with Gasteiger partial charge in [0.1, 0.15) is 0 Å². The van der Waals surface area contributed by atoms with Crippen LogP contribution in [-0.4, -0.2) is 11.1 Å². The van der Waals surface area contributed by atoms with Crippen LogP contribution in [0.4, 0.5) is 0 Å². The molecule has 1 rings (SSSR count). The fourth-order valence-corrected chi connectivity index (χ4v) is 1.86. The van der Waals surface area contributed by atoms with Gasteiger partial charge in [-0.3, -0.25) is 4.98 Å². The molecule has 12 heavy (non-hydrogen) atoms. The zero-order valence-electron chi connectivity index (χ0n) is 6.84. The molecule has 1 heterocycles. The third kappa shape index (κ3) is 2.45. The summed E-state index contributed by atoms with van der Waals surface area (Å²) in [5.74, 6) is 0.806. The molecule has 0 aromatic carbocycles. The highest BCUT2D eigenvalue weighted by atomic mass is 79.9. The van der Waals surface area contributed by atoms with E-state index in [-0.39, 0.29) is 6.10 Å². The average molecular weight is 295 g/mol. The van der Waals surface area contributed by atoms with Crippen LogP contribution in [0.15, 0.2) is 21.3 Å². The van der Waals surface area contributed by atoms with Crippen LogP contribution in [0.2, 0.25) is 0 Å². The maximum Gasteiger partial charge on any atom is 0.151 e. The van der Waals surface area contributed by atoms with E-state index < -0.39 is 0 Å². The molecule has 0 unspecified atom stereocenters. The summed E-state index contributed by atoms with van der Waals surface area (Å²) in [6, 6.07) is 0. The normalized spacial score (nSPS) is 10.4. The highest BCUT2D eigenvalue weighted by Gasteiger charge is 2.07. The summed E-state index contributed by atoms with van der Waals surface area (Å²) in [5.41, 5.74) is 0. The smallest absolute Gasteiger partial charge is 0.151 e. The fourth-order valence-electron chi connectivity index (χ4n) is 0.748. The second-order valence-corrected chi connectivity index (χ2v) is 4.31. The van der Waals surface area contributed by atoms with E-state index in [1.54, 1.807) is 12.4 Å². The molecule has 0 radical (unpaired) electrons. The van der Waals surface area contributed by atoms with Gasteiger partial charge in [0.15, 0.2) is 5.75 Å². The first-order valence-electron chi connectivity index (χ1n) is 3.57. The van der Waals surface area contributed by atoms with Crippen LogP contribution in [-0.2, 0) is 0 Å². The van der Waals surface area contributed by atoms with Gasteiger partial charge in [-0.15, -0.1) is 0 Å². The Morgan fingerprint density at radius 2 is 1.75 bits per heavy atom. The van der Waals surface area contributed by atoms with E-state index >= 15 is 0 Å². The Morgan fingerprint density at radius 1 is 1.25 bits per heavy atom. The van der Waals surface area contributed by atoms with Gasteiger partial charge in [0, 0.05) is 12.4 Å². The number of hydrogen-bond acceptors (Lipinski definition) is 2. The fraction of sp³-hybridized carbons (Fsp3) is 0.375. The monoisotopic (exact) mass is 293 g/mol. The number of rotatable bonds is 2. The van der Waals surface area contributed by atoms with Gasteiger partial charge in [-0.1, -0.05) is 0 Å². The molecule has 1 aromatic heterocycles. The Balaban J connectivity index is 2.96. The van der Waals surface area contributed by atoms with E-state index in [1.807, 2.05) is 13.8 Å². The molecule has 2 nitrogen and oxygen atoms in total. The lowest BCUT2D eigenvalue weighted by Gasteiger charge is -2.12. The first kappa shape index (κ1) is 9.99. The second-order valence-electron chi connectivity index (χ2n) is 2.60. The SMILES string of the molecule is CC(C)Oc1c(Br)cncc1Br. The molecule has 0 aliphatic rings. The van der Waals surface area contributed by atoms with Crippen molar-refractivity contribution < 1.29 is 4.74 Å². The molecule has 0 aliphatic carbocycles. The Bertz CT molecular complexity index is 256. The zero-order valence-corrected chi connectivity index (χ0v) is 10.0. The van der Waals surface area contributed by atoms with Crippen LogP contribution < -0.4 is 4.74 Å². The predicted octanol–water partition coefficient (Wildman–Crippen LogP) is 3.39. The Morgan fingerprint density at radius 3 is 2.17 bits per heavy atom. The van der Waals surface area contributed by atoms with Crippen molar-refractivity contribution in [2.45, 2.75) is 20.0 Å². The van der Waals surface area contributed by atoms with Crippen molar-refractivity contribution in [3.8, 4) is 5.75 Å². The highest BCUT2D eigenvalue weighted by molar-refractivity contribution is 9.11. The van der Waals surface area contributed by atoms with Crippen LogP contribution >= 0.6 is 31.9 Å². The van der Waals surface area contributed by atoms with Crippen molar-refractivity contribution in [2.75, 3.05) is 0 Å². The van der Waals surface area contributed by atoms with Crippen molar-refractivity contribution >= 4 is 31.9 Å². The number of hydrogen-bond donors (Lipinski definition) is 0. The van der Waals surface area contributed by atoms with Crippen molar-refractivity contribution in [2.24, 2.45) is 0 Å². The van der Waals surface area contributed by atoms with Gasteiger partial charge in [0.05, 0.1) is 15.0 Å². The molecule has 0 bridgehead atoms. The van der Waals surface area contributed by atoms with E-state index in [4.69, 9.17) is 4.74 Å². The topological polar surface area (TPSA) is 22.1 Å². The van der Waals surface area contributed by atoms with Crippen LogP contribution in [0.25, 0.3) is 0 Å². The lowest BCUT2D eigenvalue weighted by molar-refractivity contribution is 0.239. The molecule has 1 aromatic rings. The maximum absolute atomic E-state index is 5.54. The van der Waals surface area contributed by atoms with Crippen molar-refractivity contribution in [3.63, 3.8) is 0 Å². The Kier molecular flexibility index (Phi) is 3.53.